The third kappa shape index (κ3) is 1.54. The molecular weight excluding hydrogens is 202 g/mol. The van der Waals surface area contributed by atoms with E-state index in [4.69, 9.17) is 4.74 Å². The van der Waals surface area contributed by atoms with Gasteiger partial charge in [0.05, 0.1) is 25.2 Å². The van der Waals surface area contributed by atoms with Gasteiger partial charge in [-0.1, -0.05) is 0 Å². The summed E-state index contributed by atoms with van der Waals surface area (Å²) >= 11 is 0. The molecule has 4 heterocycles. The standard InChI is InChI=1S/C12H15N3O/c1-16-12-7-13-6-11(14-12)10-8-15-4-2-9(10)3-5-15/h6-9H,2-5H2,1H3. The number of fused-ring (bicyclic) bond motifs is 2. The van der Waals surface area contributed by atoms with Crippen molar-refractivity contribution in [3.63, 3.8) is 0 Å². The molecule has 0 spiro atoms. The van der Waals surface area contributed by atoms with Crippen molar-refractivity contribution < 1.29 is 4.74 Å². The Morgan fingerprint density at radius 1 is 1.31 bits per heavy atom. The van der Waals surface area contributed by atoms with E-state index >= 15 is 0 Å². The van der Waals surface area contributed by atoms with Crippen molar-refractivity contribution in [2.75, 3.05) is 20.2 Å². The minimum absolute atomic E-state index is 0.592. The molecule has 0 unspecified atom stereocenters. The summed E-state index contributed by atoms with van der Waals surface area (Å²) < 4.78 is 5.11. The third-order valence-corrected chi connectivity index (χ3v) is 3.41. The zero-order chi connectivity index (χ0) is 11.0. The van der Waals surface area contributed by atoms with Gasteiger partial charge in [0, 0.05) is 19.3 Å². The lowest BCUT2D eigenvalue weighted by Gasteiger charge is -2.38. The number of ether oxygens (including phenoxy) is 1. The van der Waals surface area contributed by atoms with Gasteiger partial charge in [-0.05, 0) is 24.3 Å². The van der Waals surface area contributed by atoms with Crippen LogP contribution in [0.4, 0.5) is 0 Å². The van der Waals surface area contributed by atoms with Gasteiger partial charge in [0.1, 0.15) is 0 Å². The lowest BCUT2D eigenvalue weighted by atomic mass is 9.84. The van der Waals surface area contributed by atoms with Gasteiger partial charge in [-0.3, -0.25) is 4.98 Å². The van der Waals surface area contributed by atoms with E-state index in [0.717, 1.165) is 5.69 Å². The van der Waals surface area contributed by atoms with E-state index in [1.165, 1.54) is 31.5 Å². The Balaban J connectivity index is 1.97. The molecule has 0 N–H and O–H groups in total. The lowest BCUT2D eigenvalue weighted by Crippen LogP contribution is -2.35. The van der Waals surface area contributed by atoms with E-state index in [-0.39, 0.29) is 0 Å². The van der Waals surface area contributed by atoms with Crippen LogP contribution in [0.1, 0.15) is 18.5 Å². The van der Waals surface area contributed by atoms with Crippen molar-refractivity contribution in [1.82, 2.24) is 14.9 Å². The molecule has 2 bridgehead atoms. The number of rotatable bonds is 2. The van der Waals surface area contributed by atoms with Crippen molar-refractivity contribution in [3.05, 3.63) is 24.3 Å². The monoisotopic (exact) mass is 217 g/mol. The molecular formula is C12H15N3O. The number of hydrogen-bond acceptors (Lipinski definition) is 4. The summed E-state index contributed by atoms with van der Waals surface area (Å²) in [6.45, 7) is 2.37. The molecule has 16 heavy (non-hydrogen) atoms. The molecule has 1 aromatic rings. The first-order valence-corrected chi connectivity index (χ1v) is 5.69. The minimum atomic E-state index is 0.592. The first-order valence-electron chi connectivity index (χ1n) is 5.69. The summed E-state index contributed by atoms with van der Waals surface area (Å²) in [5.74, 6) is 1.25. The average molecular weight is 217 g/mol. The number of aromatic nitrogens is 2. The van der Waals surface area contributed by atoms with Gasteiger partial charge in [-0.2, -0.15) is 0 Å². The zero-order valence-electron chi connectivity index (χ0n) is 9.39. The molecule has 0 aromatic carbocycles. The summed E-state index contributed by atoms with van der Waals surface area (Å²) in [6.07, 6.45) is 8.19. The molecule has 1 aromatic heterocycles. The van der Waals surface area contributed by atoms with Gasteiger partial charge >= 0.3 is 0 Å². The van der Waals surface area contributed by atoms with Crippen molar-refractivity contribution >= 4 is 5.57 Å². The molecule has 3 aliphatic rings. The Morgan fingerprint density at radius 2 is 2.12 bits per heavy atom. The van der Waals surface area contributed by atoms with Gasteiger partial charge in [-0.15, -0.1) is 0 Å². The molecule has 1 fully saturated rings. The topological polar surface area (TPSA) is 38.2 Å². The van der Waals surface area contributed by atoms with E-state index in [1.54, 1.807) is 13.3 Å². The Kier molecular flexibility index (Phi) is 2.27. The molecule has 0 saturated carbocycles. The summed E-state index contributed by atoms with van der Waals surface area (Å²) in [4.78, 5) is 11.0. The van der Waals surface area contributed by atoms with Gasteiger partial charge < -0.3 is 9.64 Å². The second-order valence-electron chi connectivity index (χ2n) is 4.34. The van der Waals surface area contributed by atoms with Crippen LogP contribution in [0.3, 0.4) is 0 Å². The number of nitrogens with zero attached hydrogens (tertiary/aromatic N) is 3. The molecule has 3 aliphatic heterocycles. The van der Waals surface area contributed by atoms with Gasteiger partial charge in [0.2, 0.25) is 5.88 Å². The van der Waals surface area contributed by atoms with Crippen LogP contribution in [0.15, 0.2) is 18.6 Å². The average Bonchev–Trinajstić information content (AvgIpc) is 2.40. The molecule has 84 valence electrons. The molecule has 0 aliphatic carbocycles. The molecule has 0 amide bonds. The molecule has 1 saturated heterocycles. The van der Waals surface area contributed by atoms with Gasteiger partial charge in [0.15, 0.2) is 0 Å². The molecule has 4 rings (SSSR count). The van der Waals surface area contributed by atoms with E-state index < -0.39 is 0 Å². The first kappa shape index (κ1) is 9.63. The highest BCUT2D eigenvalue weighted by Gasteiger charge is 2.28. The van der Waals surface area contributed by atoms with Crippen molar-refractivity contribution in [1.29, 1.82) is 0 Å². The largest absolute Gasteiger partial charge is 0.480 e. The maximum Gasteiger partial charge on any atom is 0.232 e. The van der Waals surface area contributed by atoms with E-state index in [1.807, 2.05) is 6.20 Å². The maximum absolute atomic E-state index is 5.11. The highest BCUT2D eigenvalue weighted by molar-refractivity contribution is 5.65. The van der Waals surface area contributed by atoms with Crippen LogP contribution >= 0.6 is 0 Å². The predicted molar refractivity (Wildman–Crippen MR) is 60.9 cm³/mol. The second-order valence-corrected chi connectivity index (χ2v) is 4.34. The second kappa shape index (κ2) is 3.77. The SMILES string of the molecule is COc1cncc(C2=CN3CCC2CC3)n1. The Hall–Kier alpha value is -1.58. The van der Waals surface area contributed by atoms with Crippen LogP contribution in [0.5, 0.6) is 5.88 Å². The van der Waals surface area contributed by atoms with Crippen LogP contribution < -0.4 is 4.74 Å². The third-order valence-electron chi connectivity index (χ3n) is 3.41. The van der Waals surface area contributed by atoms with Crippen LogP contribution in [-0.4, -0.2) is 35.1 Å². The fourth-order valence-electron chi connectivity index (χ4n) is 2.50. The minimum Gasteiger partial charge on any atom is -0.480 e. The van der Waals surface area contributed by atoms with Crippen LogP contribution in [-0.2, 0) is 0 Å². The van der Waals surface area contributed by atoms with Crippen molar-refractivity contribution in [3.8, 4) is 5.88 Å². The molecule has 0 radical (unpaired) electrons. The van der Waals surface area contributed by atoms with E-state index in [9.17, 15) is 0 Å². The normalized spacial score (nSPS) is 19.8. The molecule has 4 nitrogen and oxygen atoms in total. The molecule has 0 atom stereocenters. The van der Waals surface area contributed by atoms with E-state index in [0.29, 0.717) is 11.8 Å². The number of allylic oxidation sites excluding steroid dienone is 1. The highest BCUT2D eigenvalue weighted by Crippen LogP contribution is 2.36. The Bertz CT molecular complexity index is 422. The van der Waals surface area contributed by atoms with Gasteiger partial charge in [-0.25, -0.2) is 4.98 Å². The smallest absolute Gasteiger partial charge is 0.232 e. The number of hydrogen-bond donors (Lipinski definition) is 0. The first-order chi connectivity index (χ1) is 7.86. The summed E-state index contributed by atoms with van der Waals surface area (Å²) in [5.41, 5.74) is 2.29. The van der Waals surface area contributed by atoms with Gasteiger partial charge in [0.25, 0.3) is 0 Å². The van der Waals surface area contributed by atoms with E-state index in [2.05, 4.69) is 21.1 Å². The number of methoxy groups -OCH3 is 1. The van der Waals surface area contributed by atoms with Crippen molar-refractivity contribution in [2.45, 2.75) is 12.8 Å². The van der Waals surface area contributed by atoms with Crippen molar-refractivity contribution in [2.24, 2.45) is 5.92 Å². The van der Waals surface area contributed by atoms with Crippen LogP contribution in [0.2, 0.25) is 0 Å². The maximum atomic E-state index is 5.11. The van der Waals surface area contributed by atoms with Crippen LogP contribution in [0, 0.1) is 5.92 Å². The fourth-order valence-corrected chi connectivity index (χ4v) is 2.50. The summed E-state index contributed by atoms with van der Waals surface area (Å²) in [5, 5.41) is 0. The lowest BCUT2D eigenvalue weighted by molar-refractivity contribution is 0.252. The van der Waals surface area contributed by atoms with Crippen LogP contribution in [0.25, 0.3) is 5.57 Å². The highest BCUT2D eigenvalue weighted by atomic mass is 16.5. The Labute approximate surface area is 95.0 Å². The quantitative estimate of drug-likeness (QED) is 0.753. The molecule has 4 heteroatoms. The summed E-state index contributed by atoms with van der Waals surface area (Å²) in [6, 6.07) is 0. The zero-order valence-corrected chi connectivity index (χ0v) is 9.39. The summed E-state index contributed by atoms with van der Waals surface area (Å²) in [7, 11) is 1.62. The Morgan fingerprint density at radius 3 is 2.75 bits per heavy atom. The fraction of sp³-hybridized carbons (Fsp3) is 0.500. The predicted octanol–water partition coefficient (Wildman–Crippen LogP) is 1.55. The number of piperidine rings is 1.